The predicted molar refractivity (Wildman–Crippen MR) is 95.8 cm³/mol. The van der Waals surface area contributed by atoms with E-state index in [9.17, 15) is 0 Å². The smallest absolute Gasteiger partial charge is 0.200 e. The second-order valence-electron chi connectivity index (χ2n) is 6.73. The van der Waals surface area contributed by atoms with E-state index in [0.29, 0.717) is 0 Å². The largest absolute Gasteiger partial charge is 0.465 e. The molecule has 1 spiro atoms. The Balaban J connectivity index is 1.73. The highest BCUT2D eigenvalue weighted by Gasteiger charge is 2.43. The lowest BCUT2D eigenvalue weighted by Crippen LogP contribution is -2.45. The van der Waals surface area contributed by atoms with Crippen LogP contribution in [0.15, 0.2) is 59.7 Å². The normalized spacial score (nSPS) is 17.8. The maximum Gasteiger partial charge on any atom is 0.200 e. The molecule has 24 heavy (non-hydrogen) atoms. The second kappa shape index (κ2) is 4.91. The zero-order valence-electron chi connectivity index (χ0n) is 13.6. The molecule has 1 aliphatic heterocycles. The van der Waals surface area contributed by atoms with E-state index in [4.69, 9.17) is 9.73 Å². The predicted octanol–water partition coefficient (Wildman–Crippen LogP) is 4.65. The summed E-state index contributed by atoms with van der Waals surface area (Å²) in [5, 5.41) is 1.14. The number of para-hydroxylation sites is 2. The van der Waals surface area contributed by atoms with Crippen LogP contribution >= 0.6 is 0 Å². The minimum Gasteiger partial charge on any atom is -0.465 e. The van der Waals surface area contributed by atoms with Crippen molar-refractivity contribution < 1.29 is 4.74 Å². The van der Waals surface area contributed by atoms with Gasteiger partial charge in [-0.2, -0.15) is 0 Å². The Morgan fingerprint density at radius 3 is 2.75 bits per heavy atom. The van der Waals surface area contributed by atoms with Crippen LogP contribution < -0.4 is 4.74 Å². The molecule has 0 amide bonds. The van der Waals surface area contributed by atoms with Crippen molar-refractivity contribution in [3.63, 3.8) is 0 Å². The average molecular weight is 314 g/mol. The van der Waals surface area contributed by atoms with Crippen molar-refractivity contribution in [1.82, 2.24) is 4.98 Å². The Hall–Kier alpha value is -2.68. The van der Waals surface area contributed by atoms with Gasteiger partial charge in [0.05, 0.1) is 11.2 Å². The van der Waals surface area contributed by atoms with E-state index in [1.807, 2.05) is 24.4 Å². The van der Waals surface area contributed by atoms with Crippen molar-refractivity contribution in [1.29, 1.82) is 0 Å². The Labute approximate surface area is 141 Å². The number of aliphatic imine (C=N–C) groups is 1. The van der Waals surface area contributed by atoms with Gasteiger partial charge in [0.2, 0.25) is 5.72 Å². The van der Waals surface area contributed by atoms with E-state index in [2.05, 4.69) is 42.2 Å². The summed E-state index contributed by atoms with van der Waals surface area (Å²) in [4.78, 5) is 9.65. The van der Waals surface area contributed by atoms with Gasteiger partial charge in [-0.3, -0.25) is 4.98 Å². The molecule has 0 atom stereocenters. The molecule has 3 nitrogen and oxygen atoms in total. The Kier molecular flexibility index (Phi) is 2.81. The fraction of sp³-hybridized carbons (Fsp3) is 0.238. The van der Waals surface area contributed by atoms with Gasteiger partial charge in [0.1, 0.15) is 5.75 Å². The van der Waals surface area contributed by atoms with Crippen molar-refractivity contribution >= 4 is 16.6 Å². The molecule has 1 fully saturated rings. The summed E-state index contributed by atoms with van der Waals surface area (Å²) in [6, 6.07) is 16.7. The molecule has 0 N–H and O–H groups in total. The van der Waals surface area contributed by atoms with Gasteiger partial charge in [0, 0.05) is 35.6 Å². The van der Waals surface area contributed by atoms with Crippen molar-refractivity contribution in [3.8, 4) is 5.75 Å². The molecular formula is C21H18N2O. The minimum absolute atomic E-state index is 0.361. The SMILES string of the molecule is Cc1cccc2c1OC1(CCC1)N=C2c1cnc2ccccc2c1. The number of rotatable bonds is 1. The first-order valence-corrected chi connectivity index (χ1v) is 8.48. The number of pyridine rings is 1. The molecule has 2 aliphatic rings. The molecule has 0 radical (unpaired) electrons. The number of aromatic nitrogens is 1. The van der Waals surface area contributed by atoms with Gasteiger partial charge in [-0.25, -0.2) is 4.99 Å². The molecule has 1 saturated carbocycles. The highest BCUT2D eigenvalue weighted by molar-refractivity contribution is 6.16. The Morgan fingerprint density at radius 2 is 1.92 bits per heavy atom. The summed E-state index contributed by atoms with van der Waals surface area (Å²) < 4.78 is 6.32. The number of aryl methyl sites for hydroxylation is 1. The molecule has 0 bridgehead atoms. The first kappa shape index (κ1) is 13.7. The van der Waals surface area contributed by atoms with E-state index >= 15 is 0 Å². The van der Waals surface area contributed by atoms with Crippen LogP contribution in [-0.4, -0.2) is 16.4 Å². The third-order valence-corrected chi connectivity index (χ3v) is 5.07. The molecule has 0 saturated heterocycles. The number of ether oxygens (including phenoxy) is 1. The van der Waals surface area contributed by atoms with Crippen LogP contribution in [0.3, 0.4) is 0 Å². The first-order valence-electron chi connectivity index (χ1n) is 8.48. The Bertz CT molecular complexity index is 986. The van der Waals surface area contributed by atoms with E-state index in [0.717, 1.165) is 46.3 Å². The zero-order chi connectivity index (χ0) is 16.1. The Morgan fingerprint density at radius 1 is 1.04 bits per heavy atom. The maximum absolute atomic E-state index is 6.32. The summed E-state index contributed by atoms with van der Waals surface area (Å²) in [6.45, 7) is 2.10. The summed E-state index contributed by atoms with van der Waals surface area (Å²) in [5.41, 5.74) is 4.97. The van der Waals surface area contributed by atoms with E-state index < -0.39 is 0 Å². The van der Waals surface area contributed by atoms with Crippen molar-refractivity contribution in [2.45, 2.75) is 31.9 Å². The monoisotopic (exact) mass is 314 g/mol. The number of hydrogen-bond acceptors (Lipinski definition) is 3. The first-order chi connectivity index (χ1) is 11.7. The van der Waals surface area contributed by atoms with Crippen molar-refractivity contribution in [3.05, 3.63) is 71.4 Å². The van der Waals surface area contributed by atoms with E-state index in [-0.39, 0.29) is 5.72 Å². The van der Waals surface area contributed by atoms with Crippen molar-refractivity contribution in [2.75, 3.05) is 0 Å². The number of fused-ring (bicyclic) bond motifs is 2. The molecule has 2 aromatic carbocycles. The lowest BCUT2D eigenvalue weighted by atomic mass is 9.85. The van der Waals surface area contributed by atoms with E-state index in [1.165, 1.54) is 12.0 Å². The fourth-order valence-corrected chi connectivity index (χ4v) is 3.56. The van der Waals surface area contributed by atoms with Gasteiger partial charge >= 0.3 is 0 Å². The lowest BCUT2D eigenvalue weighted by molar-refractivity contribution is -0.00210. The van der Waals surface area contributed by atoms with Gasteiger partial charge in [-0.15, -0.1) is 0 Å². The number of nitrogens with zero attached hydrogens (tertiary/aromatic N) is 2. The fourth-order valence-electron chi connectivity index (χ4n) is 3.56. The molecule has 2 heterocycles. The highest BCUT2D eigenvalue weighted by atomic mass is 16.5. The van der Waals surface area contributed by atoms with Gasteiger partial charge < -0.3 is 4.74 Å². The minimum atomic E-state index is -0.361. The molecular weight excluding hydrogens is 296 g/mol. The highest BCUT2D eigenvalue weighted by Crippen LogP contribution is 2.44. The third kappa shape index (κ3) is 1.97. The molecule has 1 aromatic heterocycles. The van der Waals surface area contributed by atoms with Crippen LogP contribution in [0.25, 0.3) is 10.9 Å². The second-order valence-corrected chi connectivity index (χ2v) is 6.73. The molecule has 1 aliphatic carbocycles. The summed E-state index contributed by atoms with van der Waals surface area (Å²) in [7, 11) is 0. The van der Waals surface area contributed by atoms with Crippen molar-refractivity contribution in [2.24, 2.45) is 4.99 Å². The van der Waals surface area contributed by atoms with Crippen LogP contribution in [0.2, 0.25) is 0 Å². The number of hydrogen-bond donors (Lipinski definition) is 0. The molecule has 5 rings (SSSR count). The molecule has 0 unspecified atom stereocenters. The molecule has 3 heteroatoms. The van der Waals surface area contributed by atoms with Gasteiger partial charge in [-0.1, -0.05) is 30.3 Å². The van der Waals surface area contributed by atoms with Crippen LogP contribution in [-0.2, 0) is 0 Å². The maximum atomic E-state index is 6.32. The standard InChI is InChI=1S/C21H18N2O/c1-14-6-4-8-17-19(23-21(10-5-11-21)24-20(14)17)16-12-15-7-2-3-9-18(15)22-13-16/h2-4,6-9,12-13H,5,10-11H2,1H3. The van der Waals surface area contributed by atoms with Crippen LogP contribution in [0.5, 0.6) is 5.75 Å². The van der Waals surface area contributed by atoms with Crippen LogP contribution in [0.4, 0.5) is 0 Å². The topological polar surface area (TPSA) is 34.5 Å². The van der Waals surface area contributed by atoms with E-state index in [1.54, 1.807) is 0 Å². The zero-order valence-corrected chi connectivity index (χ0v) is 13.6. The summed E-state index contributed by atoms with van der Waals surface area (Å²) >= 11 is 0. The molecule has 3 aromatic rings. The summed E-state index contributed by atoms with van der Waals surface area (Å²) in [5.74, 6) is 0.982. The molecule has 118 valence electrons. The average Bonchev–Trinajstić information content (AvgIpc) is 2.60. The number of benzene rings is 2. The van der Waals surface area contributed by atoms with Gasteiger partial charge in [-0.05, 0) is 37.1 Å². The van der Waals surface area contributed by atoms with Crippen LogP contribution in [0, 0.1) is 6.92 Å². The lowest BCUT2D eigenvalue weighted by Gasteiger charge is -2.42. The quantitative estimate of drug-likeness (QED) is 0.655. The third-order valence-electron chi connectivity index (χ3n) is 5.07. The van der Waals surface area contributed by atoms with Gasteiger partial charge in [0.25, 0.3) is 0 Å². The van der Waals surface area contributed by atoms with Gasteiger partial charge in [0.15, 0.2) is 0 Å². The summed E-state index contributed by atoms with van der Waals surface area (Å²) in [6.07, 6.45) is 5.09. The van der Waals surface area contributed by atoms with Crippen LogP contribution in [0.1, 0.15) is 36.0 Å².